The van der Waals surface area contributed by atoms with Crippen molar-refractivity contribution in [3.05, 3.63) is 29.3 Å². The molecule has 82 valence electrons. The Labute approximate surface area is 92.3 Å². The van der Waals surface area contributed by atoms with Crippen molar-refractivity contribution >= 4 is 5.69 Å². The highest BCUT2D eigenvalue weighted by molar-refractivity contribution is 5.56. The number of hydrogen-bond acceptors (Lipinski definition) is 2. The maximum Gasteiger partial charge on any atom is 0.0399 e. The Hall–Kier alpha value is -1.02. The first-order chi connectivity index (χ1) is 7.33. The summed E-state index contributed by atoms with van der Waals surface area (Å²) in [5, 5.41) is 3.39. The molecule has 0 bridgehead atoms. The molecule has 0 aromatic heterocycles. The van der Waals surface area contributed by atoms with Crippen LogP contribution in [0.2, 0.25) is 0 Å². The zero-order valence-corrected chi connectivity index (χ0v) is 9.71. The number of aryl methyl sites for hydroxylation is 1. The molecular weight excluding hydrogens is 184 g/mol. The average molecular weight is 204 g/mol. The zero-order valence-electron chi connectivity index (χ0n) is 9.71. The Morgan fingerprint density at radius 1 is 1.27 bits per heavy atom. The lowest BCUT2D eigenvalue weighted by Crippen LogP contribution is -2.43. The molecule has 2 rings (SSSR count). The monoisotopic (exact) mass is 204 g/mol. The van der Waals surface area contributed by atoms with Gasteiger partial charge in [0.15, 0.2) is 0 Å². The minimum Gasteiger partial charge on any atom is -0.369 e. The van der Waals surface area contributed by atoms with Gasteiger partial charge in [-0.3, -0.25) is 0 Å². The third-order valence-electron chi connectivity index (χ3n) is 3.26. The van der Waals surface area contributed by atoms with Crippen LogP contribution in [0.25, 0.3) is 0 Å². The molecule has 1 heterocycles. The van der Waals surface area contributed by atoms with Crippen LogP contribution in [0.3, 0.4) is 0 Å². The highest BCUT2D eigenvalue weighted by atomic mass is 15.2. The lowest BCUT2D eigenvalue weighted by molar-refractivity contribution is 0.588. The van der Waals surface area contributed by atoms with Crippen molar-refractivity contribution in [2.24, 2.45) is 0 Å². The van der Waals surface area contributed by atoms with Crippen LogP contribution in [0.1, 0.15) is 18.1 Å². The Balaban J connectivity index is 2.26. The van der Waals surface area contributed by atoms with E-state index in [2.05, 4.69) is 42.3 Å². The number of rotatable bonds is 2. The molecule has 0 unspecified atom stereocenters. The van der Waals surface area contributed by atoms with E-state index < -0.39 is 0 Å². The van der Waals surface area contributed by atoms with Crippen LogP contribution in [-0.4, -0.2) is 26.2 Å². The van der Waals surface area contributed by atoms with Gasteiger partial charge in [0.25, 0.3) is 0 Å². The van der Waals surface area contributed by atoms with E-state index in [0.717, 1.165) is 32.6 Å². The molecule has 0 aliphatic carbocycles. The second kappa shape index (κ2) is 4.67. The first-order valence-corrected chi connectivity index (χ1v) is 5.87. The molecule has 1 N–H and O–H groups in total. The Kier molecular flexibility index (Phi) is 3.27. The van der Waals surface area contributed by atoms with E-state index in [0.29, 0.717) is 0 Å². The quantitative estimate of drug-likeness (QED) is 0.792. The summed E-state index contributed by atoms with van der Waals surface area (Å²) in [4.78, 5) is 2.49. The van der Waals surface area contributed by atoms with E-state index in [-0.39, 0.29) is 0 Å². The maximum absolute atomic E-state index is 3.39. The van der Waals surface area contributed by atoms with Crippen LogP contribution < -0.4 is 10.2 Å². The minimum absolute atomic E-state index is 1.11. The van der Waals surface area contributed by atoms with Crippen molar-refractivity contribution in [3.8, 4) is 0 Å². The first-order valence-electron chi connectivity index (χ1n) is 5.87. The number of nitrogens with zero attached hydrogens (tertiary/aromatic N) is 1. The molecule has 1 aliphatic rings. The molecule has 0 amide bonds. The predicted molar refractivity (Wildman–Crippen MR) is 65.6 cm³/mol. The number of benzene rings is 1. The smallest absolute Gasteiger partial charge is 0.0399 e. The minimum atomic E-state index is 1.11. The van der Waals surface area contributed by atoms with Gasteiger partial charge in [-0.1, -0.05) is 19.1 Å². The third-order valence-corrected chi connectivity index (χ3v) is 3.26. The number of piperazine rings is 1. The summed E-state index contributed by atoms with van der Waals surface area (Å²) < 4.78 is 0. The SMILES string of the molecule is CCc1cccc(N2CCNCC2)c1C. The Bertz CT molecular complexity index is 327. The lowest BCUT2D eigenvalue weighted by atomic mass is 10.0. The fourth-order valence-corrected chi connectivity index (χ4v) is 2.30. The standard InChI is InChI=1S/C13H20N2/c1-3-12-5-4-6-13(11(12)2)15-9-7-14-8-10-15/h4-6,14H,3,7-10H2,1-2H3. The van der Waals surface area contributed by atoms with Crippen LogP contribution in [0, 0.1) is 6.92 Å². The van der Waals surface area contributed by atoms with Crippen molar-refractivity contribution < 1.29 is 0 Å². The molecule has 0 spiro atoms. The van der Waals surface area contributed by atoms with Crippen LogP contribution in [-0.2, 0) is 6.42 Å². The summed E-state index contributed by atoms with van der Waals surface area (Å²) in [5.41, 5.74) is 4.36. The summed E-state index contributed by atoms with van der Waals surface area (Å²) in [6.45, 7) is 8.95. The topological polar surface area (TPSA) is 15.3 Å². The van der Waals surface area contributed by atoms with Gasteiger partial charge in [-0.2, -0.15) is 0 Å². The molecule has 2 nitrogen and oxygen atoms in total. The van der Waals surface area contributed by atoms with E-state index in [9.17, 15) is 0 Å². The van der Waals surface area contributed by atoms with Crippen molar-refractivity contribution in [1.82, 2.24) is 5.32 Å². The Morgan fingerprint density at radius 3 is 2.67 bits per heavy atom. The van der Waals surface area contributed by atoms with Gasteiger partial charge in [0.1, 0.15) is 0 Å². The van der Waals surface area contributed by atoms with E-state index in [1.165, 1.54) is 16.8 Å². The average Bonchev–Trinajstić information content (AvgIpc) is 2.30. The van der Waals surface area contributed by atoms with Crippen LogP contribution in [0.5, 0.6) is 0 Å². The van der Waals surface area contributed by atoms with Gasteiger partial charge in [-0.25, -0.2) is 0 Å². The van der Waals surface area contributed by atoms with Gasteiger partial charge in [0, 0.05) is 31.9 Å². The molecular formula is C13H20N2. The maximum atomic E-state index is 3.39. The molecule has 1 fully saturated rings. The number of hydrogen-bond donors (Lipinski definition) is 1. The first kappa shape index (κ1) is 10.5. The molecule has 1 aliphatic heterocycles. The van der Waals surface area contributed by atoms with Crippen molar-refractivity contribution in [3.63, 3.8) is 0 Å². The van der Waals surface area contributed by atoms with E-state index in [1.807, 2.05) is 0 Å². The highest BCUT2D eigenvalue weighted by Gasteiger charge is 2.13. The van der Waals surface area contributed by atoms with Crippen molar-refractivity contribution in [1.29, 1.82) is 0 Å². The van der Waals surface area contributed by atoms with E-state index in [1.54, 1.807) is 0 Å². The molecule has 1 saturated heterocycles. The molecule has 0 atom stereocenters. The molecule has 0 radical (unpaired) electrons. The van der Waals surface area contributed by atoms with E-state index in [4.69, 9.17) is 0 Å². The summed E-state index contributed by atoms with van der Waals surface area (Å²) in [7, 11) is 0. The largest absolute Gasteiger partial charge is 0.369 e. The third kappa shape index (κ3) is 2.15. The summed E-state index contributed by atoms with van der Waals surface area (Å²) in [6, 6.07) is 6.67. The van der Waals surface area contributed by atoms with Crippen LogP contribution >= 0.6 is 0 Å². The predicted octanol–water partition coefficient (Wildman–Crippen LogP) is 1.97. The second-order valence-electron chi connectivity index (χ2n) is 4.15. The summed E-state index contributed by atoms with van der Waals surface area (Å²) in [6.07, 6.45) is 1.13. The number of nitrogens with one attached hydrogen (secondary N) is 1. The molecule has 2 heteroatoms. The van der Waals surface area contributed by atoms with Gasteiger partial charge >= 0.3 is 0 Å². The molecule has 1 aromatic carbocycles. The molecule has 15 heavy (non-hydrogen) atoms. The zero-order chi connectivity index (χ0) is 10.7. The fraction of sp³-hybridized carbons (Fsp3) is 0.538. The highest BCUT2D eigenvalue weighted by Crippen LogP contribution is 2.23. The van der Waals surface area contributed by atoms with Gasteiger partial charge in [0.2, 0.25) is 0 Å². The molecule has 1 aromatic rings. The van der Waals surface area contributed by atoms with Gasteiger partial charge < -0.3 is 10.2 Å². The second-order valence-corrected chi connectivity index (χ2v) is 4.15. The van der Waals surface area contributed by atoms with Crippen LogP contribution in [0.4, 0.5) is 5.69 Å². The summed E-state index contributed by atoms with van der Waals surface area (Å²) >= 11 is 0. The fourth-order valence-electron chi connectivity index (χ4n) is 2.30. The van der Waals surface area contributed by atoms with Crippen LogP contribution in [0.15, 0.2) is 18.2 Å². The Morgan fingerprint density at radius 2 is 2.00 bits per heavy atom. The van der Waals surface area contributed by atoms with Crippen molar-refractivity contribution in [2.75, 3.05) is 31.1 Å². The van der Waals surface area contributed by atoms with Gasteiger partial charge in [0.05, 0.1) is 0 Å². The van der Waals surface area contributed by atoms with Gasteiger partial charge in [-0.15, -0.1) is 0 Å². The summed E-state index contributed by atoms with van der Waals surface area (Å²) in [5.74, 6) is 0. The van der Waals surface area contributed by atoms with Gasteiger partial charge in [-0.05, 0) is 30.5 Å². The van der Waals surface area contributed by atoms with E-state index >= 15 is 0 Å². The lowest BCUT2D eigenvalue weighted by Gasteiger charge is -2.31. The normalized spacial score (nSPS) is 16.8. The van der Waals surface area contributed by atoms with Crippen molar-refractivity contribution in [2.45, 2.75) is 20.3 Å². The number of anilines is 1. The molecule has 0 saturated carbocycles.